The van der Waals surface area contributed by atoms with Gasteiger partial charge >= 0.3 is 0 Å². The monoisotopic (exact) mass is 551 g/mol. The minimum absolute atomic E-state index is 0.534. The Morgan fingerprint density at radius 1 is 0.692 bits per heavy atom. The number of hydrogen-bond donors (Lipinski definition) is 5. The van der Waals surface area contributed by atoms with Crippen molar-refractivity contribution in [2.75, 3.05) is 6.61 Å². The number of aliphatic hydroxyl groups is 4. The lowest BCUT2D eigenvalue weighted by Gasteiger charge is -2.40. The molecule has 1 heterocycles. The average molecular weight is 552 g/mol. The third-order valence-corrected chi connectivity index (χ3v) is 7.40. The van der Waals surface area contributed by atoms with Crippen LogP contribution in [0.25, 0.3) is 0 Å². The molecule has 7 heteroatoms. The van der Waals surface area contributed by atoms with E-state index in [1.807, 2.05) is 12.2 Å². The quantitative estimate of drug-likeness (QED) is 0.0640. The van der Waals surface area contributed by atoms with Crippen LogP contribution >= 0.6 is 0 Å². The first-order valence-electron chi connectivity index (χ1n) is 15.6. The van der Waals surface area contributed by atoms with Gasteiger partial charge in [0.2, 0.25) is 5.91 Å². The van der Waals surface area contributed by atoms with E-state index in [0.29, 0.717) is 0 Å². The molecule has 226 valence electrons. The summed E-state index contributed by atoms with van der Waals surface area (Å²) in [5.41, 5.74) is 0. The molecule has 1 saturated heterocycles. The Bertz CT molecular complexity index is 680. The van der Waals surface area contributed by atoms with Gasteiger partial charge in [0.05, 0.1) is 6.61 Å². The van der Waals surface area contributed by atoms with E-state index in [0.717, 1.165) is 6.42 Å². The lowest BCUT2D eigenvalue weighted by atomic mass is 9.97. The number of allylic oxidation sites excluding steroid dienone is 5. The van der Waals surface area contributed by atoms with Crippen LogP contribution in [0.4, 0.5) is 0 Å². The fourth-order valence-corrected chi connectivity index (χ4v) is 4.90. The molecule has 0 bridgehead atoms. The van der Waals surface area contributed by atoms with Gasteiger partial charge in [-0.25, -0.2) is 0 Å². The number of hydrogen-bond acceptors (Lipinski definition) is 6. The van der Waals surface area contributed by atoms with Crippen LogP contribution in [0.3, 0.4) is 0 Å². The first-order chi connectivity index (χ1) is 19.0. The van der Waals surface area contributed by atoms with Gasteiger partial charge in [0.15, 0.2) is 6.29 Å². The molecule has 1 unspecified atom stereocenters. The summed E-state index contributed by atoms with van der Waals surface area (Å²) < 4.78 is 5.02. The van der Waals surface area contributed by atoms with Crippen LogP contribution in [-0.4, -0.2) is 63.6 Å². The van der Waals surface area contributed by atoms with Gasteiger partial charge in [-0.1, -0.05) is 140 Å². The highest BCUT2D eigenvalue weighted by molar-refractivity contribution is 5.88. The van der Waals surface area contributed by atoms with E-state index in [1.54, 1.807) is 12.2 Å². The van der Waals surface area contributed by atoms with E-state index < -0.39 is 43.2 Å². The molecule has 7 nitrogen and oxygen atoms in total. The summed E-state index contributed by atoms with van der Waals surface area (Å²) in [5, 5.41) is 41.3. The molecule has 1 rings (SSSR count). The predicted octanol–water partition coefficient (Wildman–Crippen LogP) is 5.61. The minimum Gasteiger partial charge on any atom is -0.394 e. The fraction of sp³-hybridized carbons (Fsp3) is 0.781. The molecule has 0 aromatic carbocycles. The largest absolute Gasteiger partial charge is 0.394 e. The van der Waals surface area contributed by atoms with Gasteiger partial charge < -0.3 is 30.5 Å². The molecule has 0 aliphatic carbocycles. The van der Waals surface area contributed by atoms with Crippen LogP contribution in [0.5, 0.6) is 0 Å². The molecule has 0 radical (unpaired) electrons. The summed E-state index contributed by atoms with van der Waals surface area (Å²) in [4.78, 5) is 12.0. The zero-order valence-corrected chi connectivity index (χ0v) is 24.4. The van der Waals surface area contributed by atoms with Crippen LogP contribution in [0, 0.1) is 0 Å². The van der Waals surface area contributed by atoms with Crippen molar-refractivity contribution in [1.82, 2.24) is 5.32 Å². The van der Waals surface area contributed by atoms with Crippen LogP contribution in [-0.2, 0) is 9.53 Å². The van der Waals surface area contributed by atoms with E-state index in [1.165, 1.54) is 115 Å². The molecule has 0 spiro atoms. The zero-order chi connectivity index (χ0) is 28.6. The first-order valence-corrected chi connectivity index (χ1v) is 15.6. The number of unbranched alkanes of at least 4 members (excludes halogenated alkanes) is 17. The highest BCUT2D eigenvalue weighted by Crippen LogP contribution is 2.20. The molecule has 0 aromatic heterocycles. The molecule has 5 atom stereocenters. The maximum Gasteiger partial charge on any atom is 0.244 e. The second-order valence-electron chi connectivity index (χ2n) is 10.9. The van der Waals surface area contributed by atoms with Gasteiger partial charge in [-0.15, -0.1) is 0 Å². The van der Waals surface area contributed by atoms with Gasteiger partial charge in [-0.3, -0.25) is 4.79 Å². The van der Waals surface area contributed by atoms with E-state index in [4.69, 9.17) is 9.84 Å². The third-order valence-electron chi connectivity index (χ3n) is 7.40. The van der Waals surface area contributed by atoms with Crippen molar-refractivity contribution in [2.24, 2.45) is 0 Å². The van der Waals surface area contributed by atoms with Crippen molar-refractivity contribution < 1.29 is 30.0 Å². The number of amides is 1. The van der Waals surface area contributed by atoms with Gasteiger partial charge in [0.1, 0.15) is 24.4 Å². The minimum atomic E-state index is -1.52. The molecule has 1 fully saturated rings. The van der Waals surface area contributed by atoms with Crippen LogP contribution in [0.2, 0.25) is 0 Å². The second kappa shape index (κ2) is 24.3. The lowest BCUT2D eigenvalue weighted by Crippen LogP contribution is -2.64. The Kier molecular flexibility index (Phi) is 22.1. The molecular formula is C32H57NO6. The van der Waals surface area contributed by atoms with Crippen molar-refractivity contribution in [3.63, 3.8) is 0 Å². The second-order valence-corrected chi connectivity index (χ2v) is 10.9. The molecule has 39 heavy (non-hydrogen) atoms. The third kappa shape index (κ3) is 17.7. The number of aliphatic hydroxyl groups excluding tert-OH is 4. The van der Waals surface area contributed by atoms with Crippen LogP contribution in [0.15, 0.2) is 36.5 Å². The maximum atomic E-state index is 12.0. The Hall–Kier alpha value is -1.51. The number of ether oxygens (including phenoxy) is 1. The Morgan fingerprint density at radius 2 is 1.18 bits per heavy atom. The molecule has 5 N–H and O–H groups in total. The summed E-state index contributed by atoms with van der Waals surface area (Å²) in [7, 11) is 0. The molecule has 1 amide bonds. The number of carbonyl (C=O) groups excluding carboxylic acids is 1. The highest BCUT2D eigenvalue weighted by Gasteiger charge is 2.44. The molecule has 0 saturated carbocycles. The zero-order valence-electron chi connectivity index (χ0n) is 24.4. The van der Waals surface area contributed by atoms with Gasteiger partial charge in [-0.2, -0.15) is 0 Å². The van der Waals surface area contributed by atoms with E-state index in [9.17, 15) is 20.1 Å². The van der Waals surface area contributed by atoms with Crippen molar-refractivity contribution in [2.45, 2.75) is 153 Å². The van der Waals surface area contributed by atoms with E-state index in [2.05, 4.69) is 18.3 Å². The Morgan fingerprint density at radius 3 is 1.69 bits per heavy atom. The highest BCUT2D eigenvalue weighted by atomic mass is 16.6. The molecule has 1 aliphatic heterocycles. The lowest BCUT2D eigenvalue weighted by molar-refractivity contribution is -0.253. The standard InChI is InChI=1S/C32H57NO6/c1-2-3-4-5-6-7-8-9-10-11-12-13-14-15-16-17-18-19-20-21-22-23-24-25-28(35)33-29-31(37)30(36)27(26-34)39-32(29)38/h20-25,27,29-32,34,36-38H,2-19,26H2,1H3,(H,33,35)/t27-,29-,30-,31-,32?/m1/s1. The van der Waals surface area contributed by atoms with E-state index >= 15 is 0 Å². The van der Waals surface area contributed by atoms with Crippen molar-refractivity contribution >= 4 is 5.91 Å². The summed E-state index contributed by atoms with van der Waals surface area (Å²) in [6, 6.07) is -1.19. The van der Waals surface area contributed by atoms with Crippen LogP contribution in [0.1, 0.15) is 122 Å². The summed E-state index contributed by atoms with van der Waals surface area (Å²) >= 11 is 0. The maximum absolute atomic E-state index is 12.0. The van der Waals surface area contributed by atoms with Gasteiger partial charge in [0.25, 0.3) is 0 Å². The van der Waals surface area contributed by atoms with Crippen molar-refractivity contribution in [3.05, 3.63) is 36.5 Å². The summed E-state index contributed by atoms with van der Waals surface area (Å²) in [6.45, 7) is 1.73. The normalized spacial score (nSPS) is 23.9. The van der Waals surface area contributed by atoms with Gasteiger partial charge in [0, 0.05) is 6.08 Å². The molecule has 0 aromatic rings. The van der Waals surface area contributed by atoms with E-state index in [-0.39, 0.29) is 0 Å². The Labute approximate surface area is 237 Å². The fourth-order valence-electron chi connectivity index (χ4n) is 4.90. The topological polar surface area (TPSA) is 119 Å². The molecule has 1 aliphatic rings. The predicted molar refractivity (Wildman–Crippen MR) is 158 cm³/mol. The molecular weight excluding hydrogens is 494 g/mol. The Balaban J connectivity index is 1.94. The number of nitrogens with one attached hydrogen (secondary N) is 1. The SMILES string of the molecule is CCCCCCCCCCCCCCCCCCCC=CC=CC=CC(=O)N[C@H]1C(O)O[C@H](CO)[C@@H](O)[C@@H]1O. The first kappa shape index (κ1) is 35.5. The number of carbonyl (C=O) groups is 1. The van der Waals surface area contributed by atoms with Gasteiger partial charge in [-0.05, 0) is 12.8 Å². The average Bonchev–Trinajstić information content (AvgIpc) is 2.93. The van der Waals surface area contributed by atoms with Crippen molar-refractivity contribution in [3.8, 4) is 0 Å². The summed E-state index contributed by atoms with van der Waals surface area (Å²) in [6.07, 6.45) is 29.5. The summed E-state index contributed by atoms with van der Waals surface area (Å²) in [5.74, 6) is -0.534. The van der Waals surface area contributed by atoms with Crippen LogP contribution < -0.4 is 5.32 Å². The number of rotatable bonds is 23. The van der Waals surface area contributed by atoms with Crippen molar-refractivity contribution in [1.29, 1.82) is 0 Å². The smallest absolute Gasteiger partial charge is 0.244 e.